The summed E-state index contributed by atoms with van der Waals surface area (Å²) in [6.45, 7) is 0. The average molecular weight is 409 g/mol. The molecule has 0 atom stereocenters. The Hall–Kier alpha value is -1.84. The van der Waals surface area contributed by atoms with Crippen LogP contribution < -0.4 is 4.74 Å². The lowest BCUT2D eigenvalue weighted by atomic mass is 10.2. The number of benzene rings is 1. The first kappa shape index (κ1) is 15.5. The fourth-order valence-corrected chi connectivity index (χ4v) is 1.97. The van der Waals surface area contributed by atoms with Crippen LogP contribution in [0.25, 0.3) is 0 Å². The van der Waals surface area contributed by atoms with Crippen LogP contribution in [0.15, 0.2) is 36.5 Å². The number of ether oxygens (including phenoxy) is 1. The number of hydrogen-bond acceptors (Lipinski definition) is 3. The molecule has 8 heteroatoms. The van der Waals surface area contributed by atoms with Crippen molar-refractivity contribution in [2.75, 3.05) is 0 Å². The molecule has 0 saturated carbocycles. The van der Waals surface area contributed by atoms with Gasteiger partial charge in [-0.3, -0.25) is 0 Å². The third-order valence-corrected chi connectivity index (χ3v) is 3.12. The van der Waals surface area contributed by atoms with Gasteiger partial charge < -0.3 is 9.84 Å². The molecule has 110 valence electrons. The number of rotatable bonds is 3. The lowest BCUT2D eigenvalue weighted by molar-refractivity contribution is -0.137. The van der Waals surface area contributed by atoms with Crippen molar-refractivity contribution in [2.45, 2.75) is 6.18 Å². The third kappa shape index (κ3) is 3.84. The normalized spacial score (nSPS) is 11.2. The van der Waals surface area contributed by atoms with Gasteiger partial charge in [0.2, 0.25) is 5.88 Å². The maximum atomic E-state index is 12.4. The Bertz CT molecular complexity index is 671. The first-order valence-electron chi connectivity index (χ1n) is 5.51. The minimum Gasteiger partial charge on any atom is -0.478 e. The van der Waals surface area contributed by atoms with Crippen LogP contribution in [0.5, 0.6) is 11.6 Å². The number of aromatic nitrogens is 1. The van der Waals surface area contributed by atoms with Crippen molar-refractivity contribution in [1.82, 2.24) is 4.98 Å². The molecular formula is C13H7F3INO3. The third-order valence-electron chi connectivity index (χ3n) is 2.45. The largest absolute Gasteiger partial charge is 0.478 e. The van der Waals surface area contributed by atoms with Crippen LogP contribution in [0.2, 0.25) is 0 Å². The van der Waals surface area contributed by atoms with Crippen LogP contribution in [-0.2, 0) is 6.18 Å². The Kier molecular flexibility index (Phi) is 4.35. The molecule has 1 heterocycles. The summed E-state index contributed by atoms with van der Waals surface area (Å²) in [5.41, 5.74) is -1.00. The minimum absolute atomic E-state index is 0.00942. The van der Waals surface area contributed by atoms with Crippen molar-refractivity contribution in [3.05, 3.63) is 51.2 Å². The second-order valence-corrected chi connectivity index (χ2v) is 5.18. The van der Waals surface area contributed by atoms with E-state index in [0.717, 1.165) is 12.1 Å². The molecule has 0 saturated heterocycles. The highest BCUT2D eigenvalue weighted by atomic mass is 127. The first-order valence-corrected chi connectivity index (χ1v) is 6.59. The summed E-state index contributed by atoms with van der Waals surface area (Å²) in [7, 11) is 0. The summed E-state index contributed by atoms with van der Waals surface area (Å²) in [6, 6.07) is 6.28. The van der Waals surface area contributed by atoms with Gasteiger partial charge in [-0.15, -0.1) is 0 Å². The monoisotopic (exact) mass is 409 g/mol. The van der Waals surface area contributed by atoms with Crippen molar-refractivity contribution < 1.29 is 27.8 Å². The van der Waals surface area contributed by atoms with Crippen molar-refractivity contribution in [1.29, 1.82) is 0 Å². The SMILES string of the molecule is O=C(O)c1cc(I)ccc1Oc1ccc(C(F)(F)F)cn1. The van der Waals surface area contributed by atoms with Gasteiger partial charge in [0.05, 0.1) is 5.56 Å². The Balaban J connectivity index is 2.28. The molecule has 0 spiro atoms. The lowest BCUT2D eigenvalue weighted by Gasteiger charge is -2.10. The van der Waals surface area contributed by atoms with Crippen LogP contribution >= 0.6 is 22.6 Å². The Labute approximate surface area is 130 Å². The van der Waals surface area contributed by atoms with Crippen LogP contribution in [-0.4, -0.2) is 16.1 Å². The van der Waals surface area contributed by atoms with Gasteiger partial charge >= 0.3 is 12.1 Å². The summed E-state index contributed by atoms with van der Waals surface area (Å²) in [6.07, 6.45) is -3.86. The Morgan fingerprint density at radius 2 is 1.95 bits per heavy atom. The highest BCUT2D eigenvalue weighted by Gasteiger charge is 2.30. The smallest absolute Gasteiger partial charge is 0.417 e. The van der Waals surface area contributed by atoms with E-state index >= 15 is 0 Å². The van der Waals surface area contributed by atoms with E-state index in [1.807, 2.05) is 22.6 Å². The number of aromatic carboxylic acids is 1. The number of nitrogens with zero attached hydrogens (tertiary/aromatic N) is 1. The number of carbonyl (C=O) groups is 1. The Morgan fingerprint density at radius 1 is 1.24 bits per heavy atom. The average Bonchev–Trinajstić information content (AvgIpc) is 2.40. The first-order chi connectivity index (χ1) is 9.77. The highest BCUT2D eigenvalue weighted by Crippen LogP contribution is 2.31. The van der Waals surface area contributed by atoms with Gasteiger partial charge in [-0.2, -0.15) is 13.2 Å². The van der Waals surface area contributed by atoms with Crippen LogP contribution in [0.3, 0.4) is 0 Å². The topological polar surface area (TPSA) is 59.4 Å². The van der Waals surface area contributed by atoms with Crippen LogP contribution in [0.1, 0.15) is 15.9 Å². The molecule has 21 heavy (non-hydrogen) atoms. The van der Waals surface area contributed by atoms with Gasteiger partial charge in [-0.05, 0) is 46.9 Å². The molecule has 0 radical (unpaired) electrons. The Morgan fingerprint density at radius 3 is 2.48 bits per heavy atom. The summed E-state index contributed by atoms with van der Waals surface area (Å²) in [5.74, 6) is -1.31. The molecule has 1 aromatic heterocycles. The van der Waals surface area contributed by atoms with E-state index in [0.29, 0.717) is 9.77 Å². The van der Waals surface area contributed by atoms with Gasteiger partial charge in [-0.1, -0.05) is 0 Å². The maximum absolute atomic E-state index is 12.4. The van der Waals surface area contributed by atoms with E-state index < -0.39 is 17.7 Å². The molecular weight excluding hydrogens is 402 g/mol. The van der Waals surface area contributed by atoms with E-state index in [1.165, 1.54) is 12.1 Å². The minimum atomic E-state index is -4.49. The highest BCUT2D eigenvalue weighted by molar-refractivity contribution is 14.1. The number of pyridine rings is 1. The zero-order valence-electron chi connectivity index (χ0n) is 10.2. The lowest BCUT2D eigenvalue weighted by Crippen LogP contribution is -2.05. The van der Waals surface area contributed by atoms with Gasteiger partial charge in [0.15, 0.2) is 0 Å². The van der Waals surface area contributed by atoms with E-state index in [1.54, 1.807) is 6.07 Å². The van der Waals surface area contributed by atoms with Gasteiger partial charge in [0, 0.05) is 15.8 Å². The summed E-state index contributed by atoms with van der Waals surface area (Å²) >= 11 is 1.94. The number of halogens is 4. The molecule has 2 aromatic rings. The van der Waals surface area contributed by atoms with Gasteiger partial charge in [0.25, 0.3) is 0 Å². The second-order valence-electron chi connectivity index (χ2n) is 3.93. The van der Waals surface area contributed by atoms with Crippen molar-refractivity contribution in [3.63, 3.8) is 0 Å². The van der Waals surface area contributed by atoms with Crippen LogP contribution in [0.4, 0.5) is 13.2 Å². The number of alkyl halides is 3. The van der Waals surface area contributed by atoms with E-state index in [-0.39, 0.29) is 17.2 Å². The molecule has 0 aliphatic carbocycles. The molecule has 0 fully saturated rings. The van der Waals surface area contributed by atoms with Crippen molar-refractivity contribution in [3.8, 4) is 11.6 Å². The predicted octanol–water partition coefficient (Wildman–Crippen LogP) is 4.20. The van der Waals surface area contributed by atoms with E-state index in [9.17, 15) is 18.0 Å². The zero-order valence-corrected chi connectivity index (χ0v) is 12.3. The summed E-state index contributed by atoms with van der Waals surface area (Å²) in [5, 5.41) is 9.07. The molecule has 1 N–H and O–H groups in total. The standard InChI is InChI=1S/C13H7F3INO3/c14-13(15,16)7-1-4-11(18-6-7)21-10-3-2-8(17)5-9(10)12(19)20/h1-6H,(H,19,20). The second kappa shape index (κ2) is 5.88. The van der Waals surface area contributed by atoms with E-state index in [4.69, 9.17) is 9.84 Å². The molecule has 1 aromatic carbocycles. The summed E-state index contributed by atoms with van der Waals surface area (Å²) < 4.78 is 43.1. The predicted molar refractivity (Wildman–Crippen MR) is 75.4 cm³/mol. The van der Waals surface area contributed by atoms with Gasteiger partial charge in [0.1, 0.15) is 11.3 Å². The molecule has 0 aliphatic heterocycles. The molecule has 0 unspecified atom stereocenters. The van der Waals surface area contributed by atoms with E-state index in [2.05, 4.69) is 4.98 Å². The van der Waals surface area contributed by atoms with Gasteiger partial charge in [-0.25, -0.2) is 9.78 Å². The molecule has 4 nitrogen and oxygen atoms in total. The zero-order chi connectivity index (χ0) is 15.6. The van der Waals surface area contributed by atoms with Crippen molar-refractivity contribution in [2.24, 2.45) is 0 Å². The number of carboxylic acids is 1. The maximum Gasteiger partial charge on any atom is 0.417 e. The molecule has 0 aliphatic rings. The fraction of sp³-hybridized carbons (Fsp3) is 0.0769. The molecule has 0 amide bonds. The number of carboxylic acid groups (broad SMARTS) is 1. The molecule has 0 bridgehead atoms. The molecule has 2 rings (SSSR count). The van der Waals surface area contributed by atoms with Crippen LogP contribution in [0, 0.1) is 3.57 Å². The fourth-order valence-electron chi connectivity index (χ4n) is 1.48. The quantitative estimate of drug-likeness (QED) is 0.773. The number of hydrogen-bond donors (Lipinski definition) is 1. The van der Waals surface area contributed by atoms with Crippen molar-refractivity contribution >= 4 is 28.6 Å². The summed E-state index contributed by atoms with van der Waals surface area (Å²) in [4.78, 5) is 14.6.